The van der Waals surface area contributed by atoms with E-state index in [2.05, 4.69) is 44.5 Å². The van der Waals surface area contributed by atoms with Gasteiger partial charge in [0, 0.05) is 26.7 Å². The largest absolute Gasteiger partial charge is 0.372 e. The van der Waals surface area contributed by atoms with Crippen molar-refractivity contribution >= 4 is 35.8 Å². The van der Waals surface area contributed by atoms with Crippen LogP contribution in [0.5, 0.6) is 0 Å². The predicted molar refractivity (Wildman–Crippen MR) is 96.0 cm³/mol. The summed E-state index contributed by atoms with van der Waals surface area (Å²) in [7, 11) is 2.14. The van der Waals surface area contributed by atoms with Crippen molar-refractivity contribution in [3.8, 4) is 0 Å². The molecule has 1 aromatic carbocycles. The molecule has 0 spiro atoms. The summed E-state index contributed by atoms with van der Waals surface area (Å²) in [5.41, 5.74) is 2.39. The lowest BCUT2D eigenvalue weighted by atomic mass is 10.1. The first kappa shape index (κ1) is 17.6. The fourth-order valence-corrected chi connectivity index (χ4v) is 3.24. The van der Waals surface area contributed by atoms with Crippen molar-refractivity contribution in [2.75, 3.05) is 36.5 Å². The Morgan fingerprint density at radius 2 is 1.50 bits per heavy atom. The lowest BCUT2D eigenvalue weighted by Crippen LogP contribution is -2.29. The van der Waals surface area contributed by atoms with Crippen molar-refractivity contribution in [1.82, 2.24) is 0 Å². The molecule has 1 aromatic rings. The summed E-state index contributed by atoms with van der Waals surface area (Å²) >= 11 is 10.9. The molecule has 0 N–H and O–H groups in total. The van der Waals surface area contributed by atoms with Crippen LogP contribution in [0.1, 0.15) is 47.0 Å². The molecule has 20 heavy (non-hydrogen) atoms. The fourth-order valence-electron chi connectivity index (χ4n) is 2.57. The van der Waals surface area contributed by atoms with E-state index >= 15 is 0 Å². The normalized spacial score (nSPS) is 11.3. The maximum absolute atomic E-state index is 5.45. The molecule has 4 heteroatoms. The van der Waals surface area contributed by atoms with Gasteiger partial charge in [-0.3, -0.25) is 0 Å². The Morgan fingerprint density at radius 1 is 0.950 bits per heavy atom. The lowest BCUT2D eigenvalue weighted by molar-refractivity contribution is 0.538. The molecule has 0 amide bonds. The summed E-state index contributed by atoms with van der Waals surface area (Å²) in [6.45, 7) is 11.9. The van der Waals surface area contributed by atoms with Gasteiger partial charge in [0.1, 0.15) is 0 Å². The predicted octanol–water partition coefficient (Wildman–Crippen LogP) is 5.13. The second-order valence-electron chi connectivity index (χ2n) is 5.84. The number of hydrogen-bond donors (Lipinski definition) is 0. The first-order valence-electron chi connectivity index (χ1n) is 7.73. The minimum absolute atomic E-state index is 0.795. The van der Waals surface area contributed by atoms with E-state index < -0.39 is 0 Å². The summed E-state index contributed by atoms with van der Waals surface area (Å²) in [5.74, 6) is 0.795. The van der Waals surface area contributed by atoms with Crippen LogP contribution in [0.3, 0.4) is 0 Å². The van der Waals surface area contributed by atoms with Crippen molar-refractivity contribution < 1.29 is 0 Å². The molecule has 0 saturated heterocycles. The molecule has 0 aliphatic carbocycles. The summed E-state index contributed by atoms with van der Waals surface area (Å²) in [4.78, 5) is 4.62. The molecular formula is C16H28N2S2. The molecule has 0 radical (unpaired) electrons. The molecule has 0 unspecified atom stereocenters. The molecule has 1 rings (SSSR count). The third-order valence-electron chi connectivity index (χ3n) is 3.85. The average Bonchev–Trinajstić information content (AvgIpc) is 2.42. The summed E-state index contributed by atoms with van der Waals surface area (Å²) in [6, 6.07) is 0. The van der Waals surface area contributed by atoms with Gasteiger partial charge in [-0.15, -0.1) is 0 Å². The number of hydrogen-bond acceptors (Lipinski definition) is 4. The van der Waals surface area contributed by atoms with E-state index in [4.69, 9.17) is 24.4 Å². The quantitative estimate of drug-likeness (QED) is 0.460. The van der Waals surface area contributed by atoms with E-state index in [1.165, 1.54) is 30.6 Å². The molecule has 114 valence electrons. The van der Waals surface area contributed by atoms with Crippen molar-refractivity contribution in [3.63, 3.8) is 0 Å². The summed E-state index contributed by atoms with van der Waals surface area (Å²) in [5, 5.41) is 0. The molecule has 0 fully saturated rings. The smallest absolute Gasteiger partial charge is 0.0835 e. The van der Waals surface area contributed by atoms with Crippen molar-refractivity contribution in [1.29, 1.82) is 0 Å². The Hall–Kier alpha value is -0.480. The first-order chi connectivity index (χ1) is 9.43. The number of nitrogens with zero attached hydrogens (tertiary/aromatic N) is 2. The first-order valence-corrected chi connectivity index (χ1v) is 8.55. The van der Waals surface area contributed by atoms with Crippen LogP contribution < -0.4 is 9.80 Å². The van der Waals surface area contributed by atoms with Crippen LogP contribution in [0.4, 0.5) is 11.4 Å². The monoisotopic (exact) mass is 312 g/mol. The van der Waals surface area contributed by atoms with E-state index in [1.807, 2.05) is 0 Å². The van der Waals surface area contributed by atoms with E-state index in [0.717, 1.165) is 34.6 Å². The van der Waals surface area contributed by atoms with Crippen LogP contribution in [0, 0.1) is 14.9 Å². The highest BCUT2D eigenvalue weighted by Gasteiger charge is 2.21. The molecule has 0 atom stereocenters. The van der Waals surface area contributed by atoms with Gasteiger partial charge in [-0.1, -0.05) is 51.1 Å². The van der Waals surface area contributed by atoms with Crippen LogP contribution in [0.25, 0.3) is 0 Å². The van der Waals surface area contributed by atoms with Gasteiger partial charge in [0.15, 0.2) is 0 Å². The molecule has 0 saturated carbocycles. The Balaban J connectivity index is 2.69. The number of unbranched alkanes of at least 4 members (excludes halogenated alkanes) is 1. The molecule has 0 heterocycles. The molecular weight excluding hydrogens is 284 g/mol. The zero-order valence-corrected chi connectivity index (χ0v) is 15.2. The number of rotatable bonds is 9. The van der Waals surface area contributed by atoms with Crippen molar-refractivity contribution in [2.45, 2.75) is 47.0 Å². The zero-order valence-electron chi connectivity index (χ0n) is 13.5. The van der Waals surface area contributed by atoms with Crippen LogP contribution >= 0.6 is 24.4 Å². The van der Waals surface area contributed by atoms with Crippen molar-refractivity contribution in [2.24, 2.45) is 5.92 Å². The van der Waals surface area contributed by atoms with Gasteiger partial charge in [0.2, 0.25) is 0 Å². The lowest BCUT2D eigenvalue weighted by Gasteiger charge is -2.32. The van der Waals surface area contributed by atoms with E-state index in [0.29, 0.717) is 0 Å². The van der Waals surface area contributed by atoms with Gasteiger partial charge >= 0.3 is 0 Å². The van der Waals surface area contributed by atoms with Gasteiger partial charge in [0.25, 0.3) is 0 Å². The summed E-state index contributed by atoms with van der Waals surface area (Å²) in [6.07, 6.45) is 3.81. The maximum atomic E-state index is 5.45. The van der Waals surface area contributed by atoms with Gasteiger partial charge < -0.3 is 9.80 Å². The van der Waals surface area contributed by atoms with Crippen LogP contribution in [-0.4, -0.2) is 26.7 Å². The van der Waals surface area contributed by atoms with Gasteiger partial charge in [-0.2, -0.15) is 0 Å². The molecule has 0 aliphatic heterocycles. The highest BCUT2D eigenvalue weighted by Crippen LogP contribution is 2.38. The van der Waals surface area contributed by atoms with Gasteiger partial charge in [0.05, 0.1) is 20.4 Å². The highest BCUT2D eigenvalue weighted by molar-refractivity contribution is 7.74. The fraction of sp³-hybridized carbons (Fsp3) is 0.750. The third kappa shape index (κ3) is 4.01. The topological polar surface area (TPSA) is 6.48 Å². The van der Waals surface area contributed by atoms with Crippen LogP contribution in [-0.2, 0) is 0 Å². The Kier molecular flexibility index (Phi) is 7.10. The SMILES string of the molecule is CCN(CC)c1c(N(C)CCCCC(C)C)c(=S)c1=S. The average molecular weight is 313 g/mol. The van der Waals surface area contributed by atoms with Gasteiger partial charge in [-0.05, 0) is 26.2 Å². The van der Waals surface area contributed by atoms with Crippen LogP contribution in [0.15, 0.2) is 0 Å². The Bertz CT molecular complexity index is 483. The molecule has 0 bridgehead atoms. The molecule has 2 nitrogen and oxygen atoms in total. The third-order valence-corrected chi connectivity index (χ3v) is 4.77. The van der Waals surface area contributed by atoms with Crippen LogP contribution in [0.2, 0.25) is 0 Å². The molecule has 0 aliphatic rings. The minimum Gasteiger partial charge on any atom is -0.372 e. The zero-order chi connectivity index (χ0) is 15.3. The van der Waals surface area contributed by atoms with E-state index in [9.17, 15) is 0 Å². The molecule has 0 aromatic heterocycles. The van der Waals surface area contributed by atoms with Crippen molar-refractivity contribution in [3.05, 3.63) is 9.02 Å². The minimum atomic E-state index is 0.795. The summed E-state index contributed by atoms with van der Waals surface area (Å²) < 4.78 is 1.76. The maximum Gasteiger partial charge on any atom is 0.0835 e. The van der Waals surface area contributed by atoms with E-state index in [1.54, 1.807) is 0 Å². The second kappa shape index (κ2) is 8.08. The Morgan fingerprint density at radius 3 is 2.00 bits per heavy atom. The van der Waals surface area contributed by atoms with Gasteiger partial charge in [-0.25, -0.2) is 0 Å². The second-order valence-corrected chi connectivity index (χ2v) is 6.66. The Labute approximate surface area is 134 Å². The number of anilines is 2. The highest BCUT2D eigenvalue weighted by atomic mass is 32.1. The van der Waals surface area contributed by atoms with E-state index in [-0.39, 0.29) is 0 Å². The standard InChI is InChI=1S/C16H28N2S2/c1-6-18(7-2)14-13(15(19)16(14)20)17(5)11-9-8-10-12(3)4/h12H,6-11H2,1-5H3.